The van der Waals surface area contributed by atoms with Gasteiger partial charge in [0, 0.05) is 23.8 Å². The van der Waals surface area contributed by atoms with E-state index in [-0.39, 0.29) is 36.5 Å². The van der Waals surface area contributed by atoms with E-state index in [4.69, 9.17) is 10.00 Å². The van der Waals surface area contributed by atoms with Crippen molar-refractivity contribution in [2.24, 2.45) is 0 Å². The predicted octanol–water partition coefficient (Wildman–Crippen LogP) is 4.71. The number of aromatic nitrogens is 3. The minimum Gasteiger partial charge on any atom is -0.497 e. The molecular weight excluding hydrogens is 429 g/mol. The molecule has 0 N–H and O–H groups in total. The van der Waals surface area contributed by atoms with E-state index in [1.165, 1.54) is 40.9 Å². The Morgan fingerprint density at radius 1 is 1.19 bits per heavy atom. The third-order valence-electron chi connectivity index (χ3n) is 4.74. The molecule has 2 aromatic carbocycles. The average molecular weight is 454 g/mol. The van der Waals surface area contributed by atoms with Crippen molar-refractivity contribution in [2.75, 3.05) is 24.3 Å². The van der Waals surface area contributed by atoms with Gasteiger partial charge in [-0.3, -0.25) is 9.36 Å². The van der Waals surface area contributed by atoms with Crippen LogP contribution in [0.2, 0.25) is 0 Å². The fourth-order valence-electron chi connectivity index (χ4n) is 3.16. The van der Waals surface area contributed by atoms with Crippen molar-refractivity contribution in [1.82, 2.24) is 14.8 Å². The number of rotatable bonds is 9. The number of halogens is 1. The second-order valence-corrected chi connectivity index (χ2v) is 8.16. The summed E-state index contributed by atoms with van der Waals surface area (Å²) in [5.74, 6) is 0.990. The summed E-state index contributed by atoms with van der Waals surface area (Å²) < 4.78 is 20.5. The summed E-state index contributed by atoms with van der Waals surface area (Å²) in [5, 5.41) is 18.2. The SMILES string of the molecule is COc1ccc(-c2nnc(SCC(=O)N(CCC#N)c3ccc(F)cc3)n2C(C)C)cc1. The molecule has 0 atom stereocenters. The molecule has 3 rings (SSSR count). The van der Waals surface area contributed by atoms with E-state index in [0.717, 1.165) is 11.3 Å². The maximum atomic E-state index is 13.3. The molecule has 0 spiro atoms. The Balaban J connectivity index is 1.80. The number of hydrogen-bond donors (Lipinski definition) is 0. The molecule has 0 radical (unpaired) electrons. The molecule has 0 aliphatic heterocycles. The van der Waals surface area contributed by atoms with E-state index in [9.17, 15) is 9.18 Å². The summed E-state index contributed by atoms with van der Waals surface area (Å²) in [6.45, 7) is 4.29. The van der Waals surface area contributed by atoms with Crippen molar-refractivity contribution in [3.05, 3.63) is 54.3 Å². The molecule has 9 heteroatoms. The molecule has 0 saturated carbocycles. The van der Waals surface area contributed by atoms with Crippen LogP contribution in [0, 0.1) is 17.1 Å². The van der Waals surface area contributed by atoms with Crippen molar-refractivity contribution < 1.29 is 13.9 Å². The number of benzene rings is 2. The minimum absolute atomic E-state index is 0.0755. The number of nitrogens with zero attached hydrogens (tertiary/aromatic N) is 5. The number of thioether (sulfide) groups is 1. The maximum Gasteiger partial charge on any atom is 0.237 e. The van der Waals surface area contributed by atoms with Crippen LogP contribution in [-0.2, 0) is 4.79 Å². The lowest BCUT2D eigenvalue weighted by Crippen LogP contribution is -2.33. The smallest absolute Gasteiger partial charge is 0.237 e. The van der Waals surface area contributed by atoms with E-state index >= 15 is 0 Å². The van der Waals surface area contributed by atoms with E-state index in [0.29, 0.717) is 16.7 Å². The van der Waals surface area contributed by atoms with E-state index in [2.05, 4.69) is 16.3 Å². The summed E-state index contributed by atoms with van der Waals surface area (Å²) in [6.07, 6.45) is 0.178. The maximum absolute atomic E-state index is 13.3. The van der Waals surface area contributed by atoms with Gasteiger partial charge in [-0.1, -0.05) is 11.8 Å². The Morgan fingerprint density at radius 2 is 1.88 bits per heavy atom. The molecule has 0 bridgehead atoms. The van der Waals surface area contributed by atoms with Crippen molar-refractivity contribution in [3.8, 4) is 23.2 Å². The van der Waals surface area contributed by atoms with Crippen LogP contribution in [0.15, 0.2) is 53.7 Å². The normalized spacial score (nSPS) is 10.8. The molecule has 0 fully saturated rings. The Hall–Kier alpha value is -3.38. The van der Waals surface area contributed by atoms with E-state index < -0.39 is 0 Å². The van der Waals surface area contributed by atoms with Gasteiger partial charge >= 0.3 is 0 Å². The Morgan fingerprint density at radius 3 is 2.47 bits per heavy atom. The summed E-state index contributed by atoms with van der Waals surface area (Å²) in [7, 11) is 1.61. The molecular formula is C23H24FN5O2S. The van der Waals surface area contributed by atoms with Crippen molar-refractivity contribution >= 4 is 23.4 Å². The number of amides is 1. The van der Waals surface area contributed by atoms with Crippen molar-refractivity contribution in [3.63, 3.8) is 0 Å². The van der Waals surface area contributed by atoms with Gasteiger partial charge in [-0.25, -0.2) is 4.39 Å². The van der Waals surface area contributed by atoms with Crippen LogP contribution in [-0.4, -0.2) is 40.1 Å². The van der Waals surface area contributed by atoms with E-state index in [1.54, 1.807) is 7.11 Å². The highest BCUT2D eigenvalue weighted by atomic mass is 32.2. The first-order valence-corrected chi connectivity index (χ1v) is 11.1. The molecule has 0 saturated heterocycles. The summed E-state index contributed by atoms with van der Waals surface area (Å²) in [6, 6.07) is 15.3. The first-order valence-electron chi connectivity index (χ1n) is 10.1. The standard InChI is InChI=1S/C23H24FN5O2S/c1-16(2)29-22(17-5-11-20(31-3)12-6-17)26-27-23(29)32-15-21(30)28(14-4-13-25)19-9-7-18(24)8-10-19/h5-12,16H,4,14-15H2,1-3H3. The molecule has 0 aliphatic carbocycles. The summed E-state index contributed by atoms with van der Waals surface area (Å²) >= 11 is 1.28. The molecule has 7 nitrogen and oxygen atoms in total. The van der Waals surface area contributed by atoms with Gasteiger partial charge in [0.25, 0.3) is 0 Å². The Bertz CT molecular complexity index is 1090. The largest absolute Gasteiger partial charge is 0.497 e. The lowest BCUT2D eigenvalue weighted by atomic mass is 10.2. The third kappa shape index (κ3) is 5.45. The van der Waals surface area contributed by atoms with Crippen LogP contribution in [0.3, 0.4) is 0 Å². The first-order chi connectivity index (χ1) is 15.4. The molecule has 32 heavy (non-hydrogen) atoms. The molecule has 0 unspecified atom stereocenters. The second-order valence-electron chi connectivity index (χ2n) is 7.22. The fourth-order valence-corrected chi connectivity index (χ4v) is 4.11. The quantitative estimate of drug-likeness (QED) is 0.436. The lowest BCUT2D eigenvalue weighted by molar-refractivity contribution is -0.116. The molecule has 1 aromatic heterocycles. The Labute approximate surface area is 190 Å². The fraction of sp³-hybridized carbons (Fsp3) is 0.304. The van der Waals surface area contributed by atoms with Gasteiger partial charge in [0.2, 0.25) is 5.91 Å². The number of carbonyl (C=O) groups excluding carboxylic acids is 1. The zero-order chi connectivity index (χ0) is 23.1. The van der Waals surface area contributed by atoms with Gasteiger partial charge in [0.1, 0.15) is 11.6 Å². The van der Waals surface area contributed by atoms with Gasteiger partial charge in [-0.15, -0.1) is 10.2 Å². The number of methoxy groups -OCH3 is 1. The van der Waals surface area contributed by atoms with Gasteiger partial charge < -0.3 is 9.64 Å². The zero-order valence-electron chi connectivity index (χ0n) is 18.2. The summed E-state index contributed by atoms with van der Waals surface area (Å²) in [5.41, 5.74) is 1.45. The first kappa shape index (κ1) is 23.3. The number of nitriles is 1. The lowest BCUT2D eigenvalue weighted by Gasteiger charge is -2.22. The zero-order valence-corrected chi connectivity index (χ0v) is 19.0. The van der Waals surface area contributed by atoms with Crippen LogP contribution in [0.25, 0.3) is 11.4 Å². The Kier molecular flexibility index (Phi) is 7.84. The van der Waals surface area contributed by atoms with Crippen LogP contribution in [0.1, 0.15) is 26.3 Å². The monoisotopic (exact) mass is 453 g/mol. The number of hydrogen-bond acceptors (Lipinski definition) is 6. The molecule has 0 aliphatic rings. The molecule has 3 aromatic rings. The molecule has 1 heterocycles. The molecule has 166 valence electrons. The van der Waals surface area contributed by atoms with E-state index in [1.807, 2.05) is 42.7 Å². The number of ether oxygens (including phenoxy) is 1. The van der Waals surface area contributed by atoms with Crippen LogP contribution in [0.4, 0.5) is 10.1 Å². The van der Waals surface area contributed by atoms with Gasteiger partial charge in [0.05, 0.1) is 25.4 Å². The third-order valence-corrected chi connectivity index (χ3v) is 5.67. The second kappa shape index (κ2) is 10.8. The van der Waals surface area contributed by atoms with Crippen LogP contribution >= 0.6 is 11.8 Å². The highest BCUT2D eigenvalue weighted by molar-refractivity contribution is 7.99. The summed E-state index contributed by atoms with van der Waals surface area (Å²) in [4.78, 5) is 14.5. The van der Waals surface area contributed by atoms with Gasteiger partial charge in [0.15, 0.2) is 11.0 Å². The number of carbonyl (C=O) groups is 1. The predicted molar refractivity (Wildman–Crippen MR) is 122 cm³/mol. The van der Waals surface area contributed by atoms with Crippen molar-refractivity contribution in [1.29, 1.82) is 5.26 Å². The number of anilines is 1. The van der Waals surface area contributed by atoms with Gasteiger partial charge in [-0.2, -0.15) is 5.26 Å². The van der Waals surface area contributed by atoms with Crippen LogP contribution in [0.5, 0.6) is 5.75 Å². The highest BCUT2D eigenvalue weighted by Crippen LogP contribution is 2.29. The van der Waals surface area contributed by atoms with Gasteiger partial charge in [-0.05, 0) is 62.4 Å². The van der Waals surface area contributed by atoms with Crippen molar-refractivity contribution in [2.45, 2.75) is 31.5 Å². The van der Waals surface area contributed by atoms with Crippen LogP contribution < -0.4 is 9.64 Å². The minimum atomic E-state index is -0.382. The highest BCUT2D eigenvalue weighted by Gasteiger charge is 2.21. The topological polar surface area (TPSA) is 84.0 Å². The average Bonchev–Trinajstić information content (AvgIpc) is 3.23. The molecule has 1 amide bonds.